The number of aromatic nitrogens is 2. The van der Waals surface area contributed by atoms with Crippen molar-refractivity contribution in [3.63, 3.8) is 0 Å². The summed E-state index contributed by atoms with van der Waals surface area (Å²) in [6, 6.07) is 22.5. The normalized spacial score (nSPS) is 13.9. The number of nitrogens with one attached hydrogen (secondary N) is 1. The number of hydrogen-bond donors (Lipinski definition) is 1. The third-order valence-corrected chi connectivity index (χ3v) is 5.29. The van der Waals surface area contributed by atoms with Gasteiger partial charge in [0, 0.05) is 37.3 Å². The number of anilines is 3. The Morgan fingerprint density at radius 1 is 0.833 bits per heavy atom. The van der Waals surface area contributed by atoms with E-state index in [0.717, 1.165) is 54.6 Å². The molecule has 0 saturated carbocycles. The van der Waals surface area contributed by atoms with Crippen molar-refractivity contribution < 1.29 is 18.3 Å². The second kappa shape index (κ2) is 9.05. The van der Waals surface area contributed by atoms with E-state index < -0.39 is 0 Å². The SMILES string of the molecule is [Cl-].[H+].c1ccc(N2CCN(c3nc(NCc4ccco4)c4ccccc4n3)CC2)cc1. The number of rotatable bonds is 5. The monoisotopic (exact) mass is 421 g/mol. The third-order valence-electron chi connectivity index (χ3n) is 5.29. The van der Waals surface area contributed by atoms with E-state index in [0.29, 0.717) is 6.54 Å². The van der Waals surface area contributed by atoms with E-state index >= 15 is 0 Å². The minimum absolute atomic E-state index is 0. The Kier molecular flexibility index (Phi) is 6.05. The van der Waals surface area contributed by atoms with Gasteiger partial charge in [0.15, 0.2) is 0 Å². The zero-order valence-electron chi connectivity index (χ0n) is 17.5. The average molecular weight is 422 g/mol. The molecule has 7 heteroatoms. The van der Waals surface area contributed by atoms with Crippen molar-refractivity contribution in [3.8, 4) is 0 Å². The summed E-state index contributed by atoms with van der Waals surface area (Å²) in [6.07, 6.45) is 1.69. The summed E-state index contributed by atoms with van der Waals surface area (Å²) in [7, 11) is 0. The van der Waals surface area contributed by atoms with Crippen LogP contribution in [0.4, 0.5) is 17.5 Å². The molecule has 0 radical (unpaired) electrons. The Morgan fingerprint density at radius 3 is 2.33 bits per heavy atom. The molecule has 0 amide bonds. The molecule has 1 N–H and O–H groups in total. The van der Waals surface area contributed by atoms with E-state index in [-0.39, 0.29) is 13.8 Å². The first kappa shape index (κ1) is 20.0. The van der Waals surface area contributed by atoms with Crippen molar-refractivity contribution in [1.29, 1.82) is 0 Å². The predicted molar refractivity (Wildman–Crippen MR) is 118 cm³/mol. The molecule has 1 saturated heterocycles. The summed E-state index contributed by atoms with van der Waals surface area (Å²) in [5, 5.41) is 4.44. The molecule has 2 aromatic heterocycles. The van der Waals surface area contributed by atoms with Gasteiger partial charge < -0.3 is 31.9 Å². The molecule has 2 aromatic carbocycles. The highest BCUT2D eigenvalue weighted by atomic mass is 35.5. The van der Waals surface area contributed by atoms with Gasteiger partial charge in [-0.1, -0.05) is 30.3 Å². The molecule has 0 spiro atoms. The molecule has 5 rings (SSSR count). The third kappa shape index (κ3) is 4.19. The first-order chi connectivity index (χ1) is 14.4. The second-order valence-corrected chi connectivity index (χ2v) is 7.13. The molecular weight excluding hydrogens is 398 g/mol. The molecule has 0 unspecified atom stereocenters. The molecule has 3 heterocycles. The molecule has 0 aliphatic carbocycles. The maximum absolute atomic E-state index is 5.45. The lowest BCUT2D eigenvalue weighted by molar-refractivity contribution is -0.00000632. The van der Waals surface area contributed by atoms with E-state index in [1.807, 2.05) is 30.3 Å². The highest BCUT2D eigenvalue weighted by Gasteiger charge is 2.20. The van der Waals surface area contributed by atoms with Crippen LogP contribution in [0.1, 0.15) is 7.19 Å². The van der Waals surface area contributed by atoms with Gasteiger partial charge in [-0.05, 0) is 36.4 Å². The topological polar surface area (TPSA) is 57.4 Å². The number of hydrogen-bond acceptors (Lipinski definition) is 6. The van der Waals surface area contributed by atoms with Crippen molar-refractivity contribution >= 4 is 28.4 Å². The van der Waals surface area contributed by atoms with Crippen LogP contribution in [-0.4, -0.2) is 36.1 Å². The molecule has 154 valence electrons. The minimum Gasteiger partial charge on any atom is -1.00 e. The standard InChI is InChI=1S/C23H23N5O.ClH/c1-2-7-18(8-3-1)27-12-14-28(15-13-27)23-25-21-11-5-4-10-20(21)22(26-23)24-17-19-9-6-16-29-19;/h1-11,16H,12-15,17H2,(H,24,25,26);1H. The van der Waals surface area contributed by atoms with E-state index in [4.69, 9.17) is 14.4 Å². The van der Waals surface area contributed by atoms with Crippen LogP contribution >= 0.6 is 0 Å². The molecule has 1 aliphatic rings. The molecular formula is C23H24ClN5O. The lowest BCUT2D eigenvalue weighted by Crippen LogP contribution is -3.00. The van der Waals surface area contributed by atoms with Gasteiger partial charge in [-0.15, -0.1) is 0 Å². The van der Waals surface area contributed by atoms with Crippen LogP contribution in [0.3, 0.4) is 0 Å². The fourth-order valence-electron chi connectivity index (χ4n) is 3.73. The number of nitrogens with zero attached hydrogens (tertiary/aromatic N) is 4. The van der Waals surface area contributed by atoms with Gasteiger partial charge >= 0.3 is 1.43 Å². The van der Waals surface area contributed by atoms with E-state index in [1.165, 1.54) is 5.69 Å². The predicted octanol–water partition coefficient (Wildman–Crippen LogP) is 1.28. The quantitative estimate of drug-likeness (QED) is 0.524. The van der Waals surface area contributed by atoms with Gasteiger partial charge in [-0.25, -0.2) is 4.98 Å². The zero-order valence-corrected chi connectivity index (χ0v) is 17.3. The Bertz CT molecular complexity index is 1090. The van der Waals surface area contributed by atoms with Crippen molar-refractivity contribution in [2.24, 2.45) is 0 Å². The van der Waals surface area contributed by atoms with Crippen LogP contribution < -0.4 is 27.5 Å². The van der Waals surface area contributed by atoms with E-state index in [1.54, 1.807) is 6.26 Å². The largest absolute Gasteiger partial charge is 1.00 e. The van der Waals surface area contributed by atoms with Gasteiger partial charge in [0.1, 0.15) is 11.6 Å². The molecule has 1 fully saturated rings. The smallest absolute Gasteiger partial charge is 1.00 e. The maximum atomic E-state index is 5.45. The highest BCUT2D eigenvalue weighted by molar-refractivity contribution is 5.90. The summed E-state index contributed by atoms with van der Waals surface area (Å²) in [5.41, 5.74) is 2.22. The fourth-order valence-corrected chi connectivity index (χ4v) is 3.73. The number of benzene rings is 2. The summed E-state index contributed by atoms with van der Waals surface area (Å²) >= 11 is 0. The van der Waals surface area contributed by atoms with Gasteiger partial charge in [-0.3, -0.25) is 0 Å². The summed E-state index contributed by atoms with van der Waals surface area (Å²) < 4.78 is 5.45. The van der Waals surface area contributed by atoms with Crippen LogP contribution in [0.5, 0.6) is 0 Å². The number of para-hydroxylation sites is 2. The molecule has 30 heavy (non-hydrogen) atoms. The average Bonchev–Trinajstić information content (AvgIpc) is 3.32. The number of halogens is 1. The molecule has 0 bridgehead atoms. The van der Waals surface area contributed by atoms with Crippen molar-refractivity contribution in [2.75, 3.05) is 41.3 Å². The number of fused-ring (bicyclic) bond motifs is 1. The van der Waals surface area contributed by atoms with Crippen molar-refractivity contribution in [2.45, 2.75) is 6.54 Å². The van der Waals surface area contributed by atoms with Crippen LogP contribution in [0, 0.1) is 0 Å². The summed E-state index contributed by atoms with van der Waals surface area (Å²) in [6.45, 7) is 4.29. The molecule has 4 aromatic rings. The van der Waals surface area contributed by atoms with Gasteiger partial charge in [0.05, 0.1) is 18.3 Å². The lowest BCUT2D eigenvalue weighted by atomic mass is 10.2. The van der Waals surface area contributed by atoms with Crippen LogP contribution in [0.15, 0.2) is 77.4 Å². The first-order valence-electron chi connectivity index (χ1n) is 9.95. The summed E-state index contributed by atoms with van der Waals surface area (Å²) in [5.74, 6) is 2.50. The maximum Gasteiger partial charge on any atom is 1.00 e. The van der Waals surface area contributed by atoms with Crippen molar-refractivity contribution in [3.05, 3.63) is 78.8 Å². The van der Waals surface area contributed by atoms with Gasteiger partial charge in [0.2, 0.25) is 5.95 Å². The Balaban J connectivity index is 0.00000136. The van der Waals surface area contributed by atoms with E-state index in [9.17, 15) is 0 Å². The molecule has 1 aliphatic heterocycles. The van der Waals surface area contributed by atoms with Gasteiger partial charge in [-0.2, -0.15) is 4.98 Å². The van der Waals surface area contributed by atoms with Crippen LogP contribution in [0.2, 0.25) is 0 Å². The Labute approximate surface area is 183 Å². The Morgan fingerprint density at radius 2 is 1.57 bits per heavy atom. The van der Waals surface area contributed by atoms with Crippen LogP contribution in [0.25, 0.3) is 10.9 Å². The van der Waals surface area contributed by atoms with E-state index in [2.05, 4.69) is 51.5 Å². The van der Waals surface area contributed by atoms with Crippen molar-refractivity contribution in [1.82, 2.24) is 9.97 Å². The number of furan rings is 1. The summed E-state index contributed by atoms with van der Waals surface area (Å²) in [4.78, 5) is 14.4. The number of piperazine rings is 1. The molecule has 6 nitrogen and oxygen atoms in total. The van der Waals surface area contributed by atoms with Crippen LogP contribution in [-0.2, 0) is 6.54 Å². The first-order valence-corrected chi connectivity index (χ1v) is 9.95. The zero-order chi connectivity index (χ0) is 19.5. The highest BCUT2D eigenvalue weighted by Crippen LogP contribution is 2.25. The molecule has 0 atom stereocenters. The lowest BCUT2D eigenvalue weighted by Gasteiger charge is -2.36. The fraction of sp³-hybridized carbons (Fsp3) is 0.217. The Hall–Kier alpha value is -3.25. The minimum atomic E-state index is 0. The van der Waals surface area contributed by atoms with Gasteiger partial charge in [0.25, 0.3) is 0 Å². The second-order valence-electron chi connectivity index (χ2n) is 7.13.